The Morgan fingerprint density at radius 2 is 2.06 bits per heavy atom. The fourth-order valence-corrected chi connectivity index (χ4v) is 1.35. The summed E-state index contributed by atoms with van der Waals surface area (Å²) in [6, 6.07) is 1.82. The summed E-state index contributed by atoms with van der Waals surface area (Å²) < 4.78 is 5.48. The molecule has 0 saturated carbocycles. The highest BCUT2D eigenvalue weighted by Crippen LogP contribution is 2.10. The Bertz CT molecular complexity index is 482. The average Bonchev–Trinajstić information content (AvgIpc) is 2.84. The summed E-state index contributed by atoms with van der Waals surface area (Å²) in [5, 5.41) is 6.07. The standard InChI is InChI=1S/C11H15N5O/c1-3-8-5-14-11(17-8)6-13-10-4-9(12-2)15-7-16-10/h4-5,7H,3,6H2,1-2H3,(H2,12,13,15,16). The number of nitrogens with zero attached hydrogens (tertiary/aromatic N) is 3. The first-order valence-electron chi connectivity index (χ1n) is 5.49. The van der Waals surface area contributed by atoms with Crippen molar-refractivity contribution in [1.29, 1.82) is 0 Å². The van der Waals surface area contributed by atoms with Crippen molar-refractivity contribution >= 4 is 11.6 Å². The first-order chi connectivity index (χ1) is 8.31. The predicted molar refractivity (Wildman–Crippen MR) is 64.8 cm³/mol. The van der Waals surface area contributed by atoms with Crippen molar-refractivity contribution in [2.45, 2.75) is 19.9 Å². The van der Waals surface area contributed by atoms with E-state index >= 15 is 0 Å². The van der Waals surface area contributed by atoms with E-state index in [4.69, 9.17) is 4.42 Å². The molecule has 2 aromatic rings. The lowest BCUT2D eigenvalue weighted by Crippen LogP contribution is -2.03. The first kappa shape index (κ1) is 11.4. The Hall–Kier alpha value is -2.11. The number of anilines is 2. The molecule has 0 aliphatic rings. The number of aromatic nitrogens is 3. The van der Waals surface area contributed by atoms with E-state index in [0.29, 0.717) is 12.4 Å². The molecule has 0 radical (unpaired) electrons. The summed E-state index contributed by atoms with van der Waals surface area (Å²) in [5.74, 6) is 3.05. The van der Waals surface area contributed by atoms with Crippen molar-refractivity contribution in [2.75, 3.05) is 17.7 Å². The molecule has 0 aliphatic heterocycles. The third kappa shape index (κ3) is 2.93. The molecule has 0 aliphatic carbocycles. The van der Waals surface area contributed by atoms with Gasteiger partial charge in [-0.05, 0) is 0 Å². The fraction of sp³-hybridized carbons (Fsp3) is 0.364. The largest absolute Gasteiger partial charge is 0.444 e. The monoisotopic (exact) mass is 233 g/mol. The van der Waals surface area contributed by atoms with E-state index in [1.54, 1.807) is 6.20 Å². The Morgan fingerprint density at radius 1 is 1.24 bits per heavy atom. The van der Waals surface area contributed by atoms with Crippen LogP contribution in [0.25, 0.3) is 0 Å². The molecule has 17 heavy (non-hydrogen) atoms. The SMILES string of the molecule is CCc1cnc(CNc2cc(NC)ncn2)o1. The second-order valence-corrected chi connectivity index (χ2v) is 3.47. The van der Waals surface area contributed by atoms with E-state index in [2.05, 4.69) is 25.6 Å². The van der Waals surface area contributed by atoms with Crippen LogP contribution in [-0.2, 0) is 13.0 Å². The van der Waals surface area contributed by atoms with Gasteiger partial charge in [-0.3, -0.25) is 0 Å². The van der Waals surface area contributed by atoms with Crippen LogP contribution in [0.5, 0.6) is 0 Å². The highest BCUT2D eigenvalue weighted by atomic mass is 16.4. The second kappa shape index (κ2) is 5.29. The van der Waals surface area contributed by atoms with Crippen molar-refractivity contribution in [3.63, 3.8) is 0 Å². The predicted octanol–water partition coefficient (Wildman–Crippen LogP) is 1.68. The van der Waals surface area contributed by atoms with Gasteiger partial charge in [-0.2, -0.15) is 0 Å². The number of rotatable bonds is 5. The van der Waals surface area contributed by atoms with Gasteiger partial charge in [0, 0.05) is 19.5 Å². The molecule has 0 fully saturated rings. The molecule has 0 aromatic carbocycles. The molecule has 0 spiro atoms. The number of nitrogens with one attached hydrogen (secondary N) is 2. The van der Waals surface area contributed by atoms with Crippen LogP contribution in [0.15, 0.2) is 23.0 Å². The van der Waals surface area contributed by atoms with Crippen LogP contribution in [0, 0.1) is 0 Å². The van der Waals surface area contributed by atoms with Gasteiger partial charge in [0.1, 0.15) is 23.7 Å². The van der Waals surface area contributed by atoms with Gasteiger partial charge in [-0.1, -0.05) is 6.92 Å². The molecule has 2 aromatic heterocycles. The molecule has 90 valence electrons. The van der Waals surface area contributed by atoms with Gasteiger partial charge in [-0.15, -0.1) is 0 Å². The molecule has 2 N–H and O–H groups in total. The maximum atomic E-state index is 5.48. The third-order valence-electron chi connectivity index (χ3n) is 2.29. The third-order valence-corrected chi connectivity index (χ3v) is 2.29. The average molecular weight is 233 g/mol. The number of hydrogen-bond donors (Lipinski definition) is 2. The van der Waals surface area contributed by atoms with Gasteiger partial charge in [0.25, 0.3) is 0 Å². The lowest BCUT2D eigenvalue weighted by atomic mass is 10.4. The minimum atomic E-state index is 0.514. The number of aryl methyl sites for hydroxylation is 1. The van der Waals surface area contributed by atoms with Gasteiger partial charge in [0.2, 0.25) is 5.89 Å². The summed E-state index contributed by atoms with van der Waals surface area (Å²) in [6.45, 7) is 2.54. The zero-order chi connectivity index (χ0) is 12.1. The van der Waals surface area contributed by atoms with E-state index in [1.165, 1.54) is 6.33 Å². The van der Waals surface area contributed by atoms with Crippen LogP contribution in [0.3, 0.4) is 0 Å². The lowest BCUT2D eigenvalue weighted by Gasteiger charge is -2.04. The molecule has 0 unspecified atom stereocenters. The zero-order valence-electron chi connectivity index (χ0n) is 9.90. The van der Waals surface area contributed by atoms with Gasteiger partial charge < -0.3 is 15.1 Å². The van der Waals surface area contributed by atoms with E-state index in [-0.39, 0.29) is 0 Å². The maximum absolute atomic E-state index is 5.48. The summed E-state index contributed by atoms with van der Waals surface area (Å²) in [6.07, 6.45) is 4.10. The van der Waals surface area contributed by atoms with Crippen LogP contribution >= 0.6 is 0 Å². The quantitative estimate of drug-likeness (QED) is 0.818. The van der Waals surface area contributed by atoms with Gasteiger partial charge in [0.15, 0.2) is 0 Å². The summed E-state index contributed by atoms with van der Waals surface area (Å²) in [7, 11) is 1.81. The Balaban J connectivity index is 1.96. The molecule has 2 rings (SSSR count). The van der Waals surface area contributed by atoms with E-state index in [9.17, 15) is 0 Å². The molecule has 2 heterocycles. The van der Waals surface area contributed by atoms with E-state index in [0.717, 1.165) is 23.8 Å². The minimum absolute atomic E-state index is 0.514. The van der Waals surface area contributed by atoms with Gasteiger partial charge in [-0.25, -0.2) is 15.0 Å². The molecule has 6 nitrogen and oxygen atoms in total. The van der Waals surface area contributed by atoms with Crippen LogP contribution < -0.4 is 10.6 Å². The normalized spacial score (nSPS) is 10.2. The molecule has 6 heteroatoms. The lowest BCUT2D eigenvalue weighted by molar-refractivity contribution is 0.465. The highest BCUT2D eigenvalue weighted by Gasteiger charge is 2.03. The van der Waals surface area contributed by atoms with Crippen LogP contribution in [0.4, 0.5) is 11.6 Å². The number of hydrogen-bond acceptors (Lipinski definition) is 6. The molecule has 0 bridgehead atoms. The smallest absolute Gasteiger partial charge is 0.213 e. The van der Waals surface area contributed by atoms with Gasteiger partial charge >= 0.3 is 0 Å². The van der Waals surface area contributed by atoms with Crippen molar-refractivity contribution in [1.82, 2.24) is 15.0 Å². The van der Waals surface area contributed by atoms with E-state index in [1.807, 2.05) is 20.0 Å². The highest BCUT2D eigenvalue weighted by molar-refractivity contribution is 5.45. The van der Waals surface area contributed by atoms with Crippen molar-refractivity contribution in [3.8, 4) is 0 Å². The van der Waals surface area contributed by atoms with Crippen LogP contribution in [0.1, 0.15) is 18.6 Å². The molecule has 0 atom stereocenters. The first-order valence-corrected chi connectivity index (χ1v) is 5.49. The Morgan fingerprint density at radius 3 is 2.76 bits per heavy atom. The van der Waals surface area contributed by atoms with Crippen molar-refractivity contribution in [2.24, 2.45) is 0 Å². The van der Waals surface area contributed by atoms with Crippen LogP contribution in [-0.4, -0.2) is 22.0 Å². The summed E-state index contributed by atoms with van der Waals surface area (Å²) >= 11 is 0. The van der Waals surface area contributed by atoms with Crippen molar-refractivity contribution < 1.29 is 4.42 Å². The van der Waals surface area contributed by atoms with Gasteiger partial charge in [0.05, 0.1) is 12.7 Å². The Kier molecular flexibility index (Phi) is 3.54. The molecular weight excluding hydrogens is 218 g/mol. The summed E-state index contributed by atoms with van der Waals surface area (Å²) in [5.41, 5.74) is 0. The summed E-state index contributed by atoms with van der Waals surface area (Å²) in [4.78, 5) is 12.3. The van der Waals surface area contributed by atoms with Crippen molar-refractivity contribution in [3.05, 3.63) is 30.2 Å². The van der Waals surface area contributed by atoms with E-state index < -0.39 is 0 Å². The topological polar surface area (TPSA) is 75.9 Å². The number of oxazole rings is 1. The maximum Gasteiger partial charge on any atom is 0.213 e. The molecule has 0 saturated heterocycles. The molecule has 0 amide bonds. The fourth-order valence-electron chi connectivity index (χ4n) is 1.35. The van der Waals surface area contributed by atoms with Crippen LogP contribution in [0.2, 0.25) is 0 Å². The second-order valence-electron chi connectivity index (χ2n) is 3.47. The molecular formula is C11H15N5O. The minimum Gasteiger partial charge on any atom is -0.444 e. The Labute approximate surface area is 99.5 Å². The zero-order valence-corrected chi connectivity index (χ0v) is 9.90.